The summed E-state index contributed by atoms with van der Waals surface area (Å²) in [6, 6.07) is 5.33. The lowest BCUT2D eigenvalue weighted by Crippen LogP contribution is -2.43. The minimum atomic E-state index is -0.0960. The zero-order chi connectivity index (χ0) is 14.4. The Kier molecular flexibility index (Phi) is 7.32. The molecule has 1 unspecified atom stereocenters. The molecule has 1 aromatic carbocycles. The summed E-state index contributed by atoms with van der Waals surface area (Å²) >= 11 is 0. The van der Waals surface area contributed by atoms with Crippen molar-refractivity contribution in [2.45, 2.75) is 32.2 Å². The molecule has 0 spiro atoms. The Morgan fingerprint density at radius 1 is 1.38 bits per heavy atom. The zero-order valence-electron chi connectivity index (χ0n) is 12.5. The first kappa shape index (κ1) is 17.6. The highest BCUT2D eigenvalue weighted by molar-refractivity contribution is 5.95. The van der Waals surface area contributed by atoms with Crippen molar-refractivity contribution >= 4 is 24.0 Å². The summed E-state index contributed by atoms with van der Waals surface area (Å²) in [4.78, 5) is 12.1. The van der Waals surface area contributed by atoms with E-state index in [4.69, 9.17) is 9.47 Å². The highest BCUT2D eigenvalue weighted by atomic mass is 35.5. The number of ether oxygens (including phenoxy) is 2. The van der Waals surface area contributed by atoms with Crippen LogP contribution in [-0.4, -0.2) is 32.2 Å². The Bertz CT molecular complexity index is 462. The molecule has 0 aliphatic carbocycles. The van der Waals surface area contributed by atoms with Gasteiger partial charge in [-0.15, -0.1) is 12.4 Å². The molecular formula is C15H23ClN2O3. The van der Waals surface area contributed by atoms with E-state index in [1.54, 1.807) is 13.2 Å². The quantitative estimate of drug-likeness (QED) is 0.877. The fraction of sp³-hybridized carbons (Fsp3) is 0.533. The number of nitrogens with one attached hydrogen (secondary N) is 2. The third-order valence-electron chi connectivity index (χ3n) is 3.36. The van der Waals surface area contributed by atoms with Gasteiger partial charge in [0.1, 0.15) is 0 Å². The maximum absolute atomic E-state index is 12.1. The molecule has 0 radical (unpaired) electrons. The molecule has 5 nitrogen and oxygen atoms in total. The Hall–Kier alpha value is -1.46. The first-order chi connectivity index (χ1) is 9.74. The van der Waals surface area contributed by atoms with Crippen LogP contribution in [0.15, 0.2) is 18.2 Å². The van der Waals surface area contributed by atoms with Gasteiger partial charge in [-0.2, -0.15) is 0 Å². The van der Waals surface area contributed by atoms with Gasteiger partial charge < -0.3 is 20.1 Å². The lowest BCUT2D eigenvalue weighted by atomic mass is 10.0. The second kappa shape index (κ2) is 8.74. The average molecular weight is 315 g/mol. The maximum atomic E-state index is 12.1. The molecule has 1 atom stereocenters. The number of halogens is 1. The number of rotatable bonds is 5. The second-order valence-electron chi connectivity index (χ2n) is 4.79. The van der Waals surface area contributed by atoms with Crippen molar-refractivity contribution in [2.24, 2.45) is 0 Å². The van der Waals surface area contributed by atoms with E-state index in [9.17, 15) is 4.79 Å². The van der Waals surface area contributed by atoms with Gasteiger partial charge in [-0.1, -0.05) is 6.42 Å². The lowest BCUT2D eigenvalue weighted by molar-refractivity contribution is -0.118. The number of benzene rings is 1. The third kappa shape index (κ3) is 4.79. The molecule has 1 fully saturated rings. The van der Waals surface area contributed by atoms with E-state index >= 15 is 0 Å². The van der Waals surface area contributed by atoms with Gasteiger partial charge in [0.2, 0.25) is 5.91 Å². The molecule has 118 valence electrons. The summed E-state index contributed by atoms with van der Waals surface area (Å²) in [5.41, 5.74) is 0.725. The summed E-state index contributed by atoms with van der Waals surface area (Å²) in [6.07, 6.45) is 3.12. The molecule has 1 aromatic rings. The van der Waals surface area contributed by atoms with Crippen LogP contribution in [0.3, 0.4) is 0 Å². The van der Waals surface area contributed by atoms with Crippen LogP contribution in [0.4, 0.5) is 5.69 Å². The van der Waals surface area contributed by atoms with E-state index in [-0.39, 0.29) is 24.4 Å². The zero-order valence-corrected chi connectivity index (χ0v) is 13.3. The Morgan fingerprint density at radius 2 is 2.19 bits per heavy atom. The average Bonchev–Trinajstić information content (AvgIpc) is 2.50. The molecule has 6 heteroatoms. The van der Waals surface area contributed by atoms with Gasteiger partial charge in [0.05, 0.1) is 19.8 Å². The van der Waals surface area contributed by atoms with Crippen LogP contribution in [0, 0.1) is 0 Å². The number of piperidine rings is 1. The highest BCUT2D eigenvalue weighted by Crippen LogP contribution is 2.30. The van der Waals surface area contributed by atoms with Gasteiger partial charge in [-0.05, 0) is 38.4 Å². The number of carbonyl (C=O) groups excluding carboxylic acids is 1. The van der Waals surface area contributed by atoms with E-state index in [0.717, 1.165) is 31.5 Å². The van der Waals surface area contributed by atoms with Gasteiger partial charge in [0.25, 0.3) is 0 Å². The minimum absolute atomic E-state index is 0. The number of carbonyl (C=O) groups is 1. The molecule has 2 N–H and O–H groups in total. The van der Waals surface area contributed by atoms with Crippen LogP contribution < -0.4 is 20.1 Å². The lowest BCUT2D eigenvalue weighted by Gasteiger charge is -2.22. The van der Waals surface area contributed by atoms with Crippen LogP contribution >= 0.6 is 12.4 Å². The standard InChI is InChI=1S/C15H22N2O3.ClH/c1-3-20-13-8-7-11(10-14(13)19-2)17-15(18)12-6-4-5-9-16-12;/h7-8,10,12,16H,3-6,9H2,1-2H3,(H,17,18);1H. The number of anilines is 1. The molecule has 21 heavy (non-hydrogen) atoms. The number of methoxy groups -OCH3 is 1. The molecule has 1 heterocycles. The molecule has 1 saturated heterocycles. The number of hydrogen-bond acceptors (Lipinski definition) is 4. The normalized spacial score (nSPS) is 17.5. The Morgan fingerprint density at radius 3 is 2.81 bits per heavy atom. The second-order valence-corrected chi connectivity index (χ2v) is 4.79. The van der Waals surface area contributed by atoms with Crippen molar-refractivity contribution in [1.82, 2.24) is 5.32 Å². The maximum Gasteiger partial charge on any atom is 0.241 e. The van der Waals surface area contributed by atoms with Gasteiger partial charge in [-0.3, -0.25) is 4.79 Å². The topological polar surface area (TPSA) is 59.6 Å². The fourth-order valence-electron chi connectivity index (χ4n) is 2.33. The fourth-order valence-corrected chi connectivity index (χ4v) is 2.33. The van der Waals surface area contributed by atoms with Gasteiger partial charge in [-0.25, -0.2) is 0 Å². The predicted octanol–water partition coefficient (Wildman–Crippen LogP) is 2.60. The Balaban J connectivity index is 0.00000220. The van der Waals surface area contributed by atoms with E-state index in [2.05, 4.69) is 10.6 Å². The SMILES string of the molecule is CCOc1ccc(NC(=O)C2CCCCN2)cc1OC.Cl. The first-order valence-electron chi connectivity index (χ1n) is 7.09. The highest BCUT2D eigenvalue weighted by Gasteiger charge is 2.20. The third-order valence-corrected chi connectivity index (χ3v) is 3.36. The minimum Gasteiger partial charge on any atom is -0.493 e. The smallest absolute Gasteiger partial charge is 0.241 e. The predicted molar refractivity (Wildman–Crippen MR) is 85.7 cm³/mol. The largest absolute Gasteiger partial charge is 0.493 e. The van der Waals surface area contributed by atoms with E-state index in [1.807, 2.05) is 19.1 Å². The molecule has 0 saturated carbocycles. The summed E-state index contributed by atoms with van der Waals surface area (Å²) in [5.74, 6) is 1.32. The molecule has 2 rings (SSSR count). The summed E-state index contributed by atoms with van der Waals surface area (Å²) < 4.78 is 10.7. The molecule has 0 aromatic heterocycles. The van der Waals surface area contributed by atoms with Crippen LogP contribution in [0.25, 0.3) is 0 Å². The summed E-state index contributed by atoms with van der Waals surface area (Å²) in [7, 11) is 1.59. The first-order valence-corrected chi connectivity index (χ1v) is 7.09. The van der Waals surface area contributed by atoms with E-state index < -0.39 is 0 Å². The van der Waals surface area contributed by atoms with Crippen molar-refractivity contribution in [3.63, 3.8) is 0 Å². The van der Waals surface area contributed by atoms with Crippen LogP contribution in [0.1, 0.15) is 26.2 Å². The van der Waals surface area contributed by atoms with Gasteiger partial charge in [0.15, 0.2) is 11.5 Å². The van der Waals surface area contributed by atoms with Crippen molar-refractivity contribution < 1.29 is 14.3 Å². The molecule has 1 amide bonds. The van der Waals surface area contributed by atoms with Crippen LogP contribution in [0.5, 0.6) is 11.5 Å². The van der Waals surface area contributed by atoms with Crippen molar-refractivity contribution in [2.75, 3.05) is 25.6 Å². The van der Waals surface area contributed by atoms with Gasteiger partial charge in [0, 0.05) is 11.8 Å². The molecule has 1 aliphatic heterocycles. The van der Waals surface area contributed by atoms with Crippen molar-refractivity contribution in [3.8, 4) is 11.5 Å². The van der Waals surface area contributed by atoms with E-state index in [1.165, 1.54) is 0 Å². The Labute approximate surface area is 131 Å². The van der Waals surface area contributed by atoms with E-state index in [0.29, 0.717) is 18.1 Å². The van der Waals surface area contributed by atoms with Crippen LogP contribution in [0.2, 0.25) is 0 Å². The number of hydrogen-bond donors (Lipinski definition) is 2. The monoisotopic (exact) mass is 314 g/mol. The van der Waals surface area contributed by atoms with Crippen molar-refractivity contribution in [3.05, 3.63) is 18.2 Å². The number of amides is 1. The summed E-state index contributed by atoms with van der Waals surface area (Å²) in [6.45, 7) is 3.41. The van der Waals surface area contributed by atoms with Crippen molar-refractivity contribution in [1.29, 1.82) is 0 Å². The molecule has 1 aliphatic rings. The summed E-state index contributed by atoms with van der Waals surface area (Å²) in [5, 5.41) is 6.15. The van der Waals surface area contributed by atoms with Gasteiger partial charge >= 0.3 is 0 Å². The van der Waals surface area contributed by atoms with Crippen LogP contribution in [-0.2, 0) is 4.79 Å². The molecular weight excluding hydrogens is 292 g/mol. The molecule has 0 bridgehead atoms.